The summed E-state index contributed by atoms with van der Waals surface area (Å²) in [5.41, 5.74) is 0. The van der Waals surface area contributed by atoms with Gasteiger partial charge in [0, 0.05) is 5.92 Å². The third-order valence-electron chi connectivity index (χ3n) is 2.79. The third-order valence-corrected chi connectivity index (χ3v) is 5.70. The zero-order valence-corrected chi connectivity index (χ0v) is 10.5. The van der Waals surface area contributed by atoms with E-state index in [1.54, 1.807) is 13.1 Å². The maximum Gasteiger partial charge on any atom is 0.351 e. The molecule has 5 heteroatoms. The van der Waals surface area contributed by atoms with Crippen LogP contribution in [-0.4, -0.2) is 25.5 Å². The van der Waals surface area contributed by atoms with E-state index in [0.717, 1.165) is 6.42 Å². The van der Waals surface area contributed by atoms with Gasteiger partial charge in [0.2, 0.25) is 0 Å². The van der Waals surface area contributed by atoms with Crippen molar-refractivity contribution in [1.29, 1.82) is 0 Å². The van der Waals surface area contributed by atoms with E-state index >= 15 is 0 Å². The highest BCUT2D eigenvalue weighted by Crippen LogP contribution is 2.72. The van der Waals surface area contributed by atoms with E-state index in [4.69, 9.17) is 9.05 Å². The van der Waals surface area contributed by atoms with Gasteiger partial charge in [-0.1, -0.05) is 6.08 Å². The van der Waals surface area contributed by atoms with Crippen molar-refractivity contribution in [2.75, 3.05) is 20.3 Å². The lowest BCUT2D eigenvalue weighted by Crippen LogP contribution is -2.31. The second-order valence-electron chi connectivity index (χ2n) is 3.55. The molecule has 1 fully saturated rings. The smallest absolute Gasteiger partial charge is 0.308 e. The summed E-state index contributed by atoms with van der Waals surface area (Å²) in [6.07, 6.45) is 2.57. The van der Waals surface area contributed by atoms with Crippen LogP contribution >= 0.6 is 7.60 Å². The lowest BCUT2D eigenvalue weighted by atomic mass is 10.4. The molecule has 1 aliphatic rings. The fourth-order valence-corrected chi connectivity index (χ4v) is 4.32. The first-order valence-corrected chi connectivity index (χ1v) is 6.85. The van der Waals surface area contributed by atoms with Crippen LogP contribution in [0.2, 0.25) is 0 Å². The SMILES string of the molecule is C=CC1C[C@]1(NC)P(=O)(OCC)OCC. The van der Waals surface area contributed by atoms with Crippen LogP contribution in [0.1, 0.15) is 20.3 Å². The molecule has 0 heterocycles. The van der Waals surface area contributed by atoms with E-state index in [1.165, 1.54) is 0 Å². The molecule has 0 spiro atoms. The van der Waals surface area contributed by atoms with Gasteiger partial charge >= 0.3 is 7.60 Å². The molecule has 4 nitrogen and oxygen atoms in total. The van der Waals surface area contributed by atoms with Crippen molar-refractivity contribution >= 4 is 7.60 Å². The van der Waals surface area contributed by atoms with Crippen LogP contribution in [0, 0.1) is 5.92 Å². The summed E-state index contributed by atoms with van der Waals surface area (Å²) in [5, 5.41) is 2.54. The molecule has 0 aromatic heterocycles. The quantitative estimate of drug-likeness (QED) is 0.541. The van der Waals surface area contributed by atoms with Crippen molar-refractivity contribution in [3.8, 4) is 0 Å². The molecular weight excluding hydrogens is 213 g/mol. The Bertz CT molecular complexity index is 272. The highest BCUT2D eigenvalue weighted by atomic mass is 31.2. The second-order valence-corrected chi connectivity index (χ2v) is 5.86. The van der Waals surface area contributed by atoms with Gasteiger partial charge in [0.05, 0.1) is 13.2 Å². The summed E-state index contributed by atoms with van der Waals surface area (Å²) in [7, 11) is -1.28. The summed E-state index contributed by atoms with van der Waals surface area (Å²) in [6, 6.07) is 0. The van der Waals surface area contributed by atoms with Gasteiger partial charge < -0.3 is 14.4 Å². The molecule has 0 saturated heterocycles. The molecular formula is C10H20NO3P. The summed E-state index contributed by atoms with van der Waals surface area (Å²) in [4.78, 5) is 0. The topological polar surface area (TPSA) is 47.6 Å². The average molecular weight is 233 g/mol. The molecule has 1 N–H and O–H groups in total. The molecule has 1 saturated carbocycles. The summed E-state index contributed by atoms with van der Waals surface area (Å²) < 4.78 is 23.2. The summed E-state index contributed by atoms with van der Waals surface area (Å²) >= 11 is 0. The molecule has 0 amide bonds. The van der Waals surface area contributed by atoms with Crippen LogP contribution in [0.25, 0.3) is 0 Å². The first-order valence-electron chi connectivity index (χ1n) is 5.30. The molecule has 1 rings (SSSR count). The van der Waals surface area contributed by atoms with E-state index in [-0.39, 0.29) is 5.92 Å². The Morgan fingerprint density at radius 1 is 1.53 bits per heavy atom. The predicted octanol–water partition coefficient (Wildman–Crippen LogP) is 2.37. The summed E-state index contributed by atoms with van der Waals surface area (Å²) in [6.45, 7) is 8.15. The normalized spacial score (nSPS) is 30.2. The van der Waals surface area contributed by atoms with Crippen molar-refractivity contribution in [1.82, 2.24) is 5.32 Å². The molecule has 2 atom stereocenters. The van der Waals surface area contributed by atoms with Crippen LogP contribution in [0.3, 0.4) is 0 Å². The van der Waals surface area contributed by atoms with E-state index in [2.05, 4.69) is 11.9 Å². The maximum atomic E-state index is 12.5. The van der Waals surface area contributed by atoms with Gasteiger partial charge in [-0.05, 0) is 27.3 Å². The van der Waals surface area contributed by atoms with Crippen molar-refractivity contribution in [3.63, 3.8) is 0 Å². The monoisotopic (exact) mass is 233 g/mol. The van der Waals surface area contributed by atoms with Crippen molar-refractivity contribution < 1.29 is 13.6 Å². The Labute approximate surface area is 91.6 Å². The summed E-state index contributed by atoms with van der Waals surface area (Å²) in [5.74, 6) is 0.173. The van der Waals surface area contributed by atoms with Crippen LogP contribution in [-0.2, 0) is 13.6 Å². The Hall–Kier alpha value is -0.150. The number of rotatable bonds is 7. The van der Waals surface area contributed by atoms with Crippen LogP contribution < -0.4 is 5.32 Å². The van der Waals surface area contributed by atoms with Gasteiger partial charge in [0.15, 0.2) is 0 Å². The molecule has 0 aromatic rings. The van der Waals surface area contributed by atoms with Crippen molar-refractivity contribution in [2.24, 2.45) is 5.92 Å². The van der Waals surface area contributed by atoms with Gasteiger partial charge in [0.25, 0.3) is 0 Å². The first-order chi connectivity index (χ1) is 7.10. The highest BCUT2D eigenvalue weighted by molar-refractivity contribution is 7.56. The molecule has 88 valence electrons. The zero-order chi connectivity index (χ0) is 11.5. The Balaban J connectivity index is 2.88. The van der Waals surface area contributed by atoms with Gasteiger partial charge in [-0.15, -0.1) is 6.58 Å². The van der Waals surface area contributed by atoms with E-state index in [1.807, 2.05) is 13.8 Å². The van der Waals surface area contributed by atoms with Crippen LogP contribution in [0.15, 0.2) is 12.7 Å². The van der Waals surface area contributed by atoms with Gasteiger partial charge in [-0.3, -0.25) is 4.57 Å². The fraction of sp³-hybridized carbons (Fsp3) is 0.800. The Morgan fingerprint density at radius 2 is 2.07 bits per heavy atom. The largest absolute Gasteiger partial charge is 0.351 e. The number of hydrogen-bond acceptors (Lipinski definition) is 4. The van der Waals surface area contributed by atoms with Gasteiger partial charge in [-0.25, -0.2) is 0 Å². The van der Waals surface area contributed by atoms with E-state index in [9.17, 15) is 4.57 Å². The molecule has 15 heavy (non-hydrogen) atoms. The molecule has 0 aliphatic heterocycles. The number of nitrogens with one attached hydrogen (secondary N) is 1. The molecule has 0 aromatic carbocycles. The molecule has 0 bridgehead atoms. The average Bonchev–Trinajstić information content (AvgIpc) is 2.94. The van der Waals surface area contributed by atoms with E-state index < -0.39 is 12.9 Å². The van der Waals surface area contributed by atoms with Crippen molar-refractivity contribution in [3.05, 3.63) is 12.7 Å². The minimum Gasteiger partial charge on any atom is -0.308 e. The lowest BCUT2D eigenvalue weighted by Gasteiger charge is -2.26. The predicted molar refractivity (Wildman–Crippen MR) is 61.0 cm³/mol. The minimum atomic E-state index is -3.07. The fourth-order valence-electron chi connectivity index (χ4n) is 1.90. The lowest BCUT2D eigenvalue weighted by molar-refractivity contribution is 0.204. The minimum absolute atomic E-state index is 0.173. The third kappa shape index (κ3) is 2.04. The first kappa shape index (κ1) is 12.9. The zero-order valence-electron chi connectivity index (χ0n) is 9.66. The Morgan fingerprint density at radius 3 is 2.33 bits per heavy atom. The second kappa shape index (κ2) is 4.79. The van der Waals surface area contributed by atoms with Crippen molar-refractivity contribution in [2.45, 2.75) is 25.5 Å². The molecule has 1 unspecified atom stereocenters. The maximum absolute atomic E-state index is 12.5. The molecule has 0 radical (unpaired) electrons. The van der Waals surface area contributed by atoms with Gasteiger partial charge in [-0.2, -0.15) is 0 Å². The highest BCUT2D eigenvalue weighted by Gasteiger charge is 2.66. The van der Waals surface area contributed by atoms with Gasteiger partial charge in [0.1, 0.15) is 5.28 Å². The van der Waals surface area contributed by atoms with Crippen LogP contribution in [0.4, 0.5) is 0 Å². The number of hydrogen-bond donors (Lipinski definition) is 1. The van der Waals surface area contributed by atoms with E-state index in [0.29, 0.717) is 13.2 Å². The Kier molecular flexibility index (Phi) is 4.13. The standard InChI is InChI=1S/C10H20NO3P/c1-5-9-8-10(9,11-4)15(12,13-6-2)14-7-3/h5,9,11H,1,6-8H2,2-4H3/t9?,10-/m0/s1. The molecule has 1 aliphatic carbocycles. The van der Waals surface area contributed by atoms with Crippen LogP contribution in [0.5, 0.6) is 0 Å².